The highest BCUT2D eigenvalue weighted by atomic mass is 79.9. The van der Waals surface area contributed by atoms with Crippen molar-refractivity contribution in [2.24, 2.45) is 11.1 Å². The van der Waals surface area contributed by atoms with Gasteiger partial charge < -0.3 is 10.5 Å². The van der Waals surface area contributed by atoms with Crippen LogP contribution in [0, 0.1) is 11.2 Å². The molecule has 2 N–H and O–H groups in total. The van der Waals surface area contributed by atoms with E-state index in [1.165, 1.54) is 38.2 Å². The Labute approximate surface area is 135 Å². The summed E-state index contributed by atoms with van der Waals surface area (Å²) in [5.41, 5.74) is 7.28. The lowest BCUT2D eigenvalue weighted by molar-refractivity contribution is 0.160. The van der Waals surface area contributed by atoms with E-state index in [9.17, 15) is 4.39 Å². The molecule has 0 spiro atoms. The van der Waals surface area contributed by atoms with Crippen LogP contribution in [0.3, 0.4) is 0 Å². The molecule has 0 unspecified atom stereocenters. The van der Waals surface area contributed by atoms with Crippen LogP contribution in [0.4, 0.5) is 4.39 Å². The van der Waals surface area contributed by atoms with Gasteiger partial charge in [-0.3, -0.25) is 0 Å². The van der Waals surface area contributed by atoms with Crippen molar-refractivity contribution in [3.63, 3.8) is 0 Å². The van der Waals surface area contributed by atoms with Gasteiger partial charge in [0.25, 0.3) is 0 Å². The molecule has 0 radical (unpaired) electrons. The van der Waals surface area contributed by atoms with Crippen molar-refractivity contribution < 1.29 is 9.13 Å². The summed E-state index contributed by atoms with van der Waals surface area (Å²) in [5, 5.41) is 0. The molecule has 0 amide bonds. The topological polar surface area (TPSA) is 35.2 Å². The second kappa shape index (κ2) is 7.59. The molecule has 1 fully saturated rings. The van der Waals surface area contributed by atoms with Crippen molar-refractivity contribution in [3.8, 4) is 5.75 Å². The maximum Gasteiger partial charge on any atom is 0.141 e. The Morgan fingerprint density at radius 3 is 2.57 bits per heavy atom. The highest BCUT2D eigenvalue weighted by Gasteiger charge is 2.31. The third-order valence-corrected chi connectivity index (χ3v) is 5.44. The molecule has 4 heteroatoms. The zero-order valence-electron chi connectivity index (χ0n) is 12.8. The van der Waals surface area contributed by atoms with Crippen LogP contribution in [-0.2, 0) is 6.42 Å². The molecule has 0 heterocycles. The lowest BCUT2D eigenvalue weighted by Crippen LogP contribution is -2.28. The summed E-state index contributed by atoms with van der Waals surface area (Å²) >= 11 is 3.27. The molecule has 1 aromatic rings. The van der Waals surface area contributed by atoms with Gasteiger partial charge in [-0.1, -0.05) is 19.3 Å². The summed E-state index contributed by atoms with van der Waals surface area (Å²) in [5.74, 6) is 0.374. The van der Waals surface area contributed by atoms with E-state index >= 15 is 0 Å². The lowest BCUT2D eigenvalue weighted by atomic mass is 9.68. The SMILES string of the molecule is COc1cc(F)c(Br)cc1CCC1(CCN)CCCCC1. The second-order valence-electron chi connectivity index (χ2n) is 6.18. The minimum atomic E-state index is -0.273. The number of benzene rings is 1. The van der Waals surface area contributed by atoms with Gasteiger partial charge in [-0.05, 0) is 71.6 Å². The molecule has 0 aliphatic heterocycles. The average molecular weight is 358 g/mol. The minimum Gasteiger partial charge on any atom is -0.496 e. The van der Waals surface area contributed by atoms with Crippen LogP contribution in [0.1, 0.15) is 50.5 Å². The van der Waals surface area contributed by atoms with Crippen molar-refractivity contribution in [1.82, 2.24) is 0 Å². The van der Waals surface area contributed by atoms with Gasteiger partial charge in [0.05, 0.1) is 11.6 Å². The molecule has 0 bridgehead atoms. The predicted molar refractivity (Wildman–Crippen MR) is 88.2 cm³/mol. The van der Waals surface area contributed by atoms with Gasteiger partial charge in [-0.15, -0.1) is 0 Å². The largest absolute Gasteiger partial charge is 0.496 e. The highest BCUT2D eigenvalue weighted by molar-refractivity contribution is 9.10. The zero-order valence-corrected chi connectivity index (χ0v) is 14.3. The standard InChI is InChI=1S/C17H25BrFNO/c1-21-16-12-15(19)14(18)11-13(16)5-8-17(9-10-20)6-3-2-4-7-17/h11-12H,2-10,20H2,1H3. The Morgan fingerprint density at radius 1 is 1.24 bits per heavy atom. The number of rotatable bonds is 6. The maximum atomic E-state index is 13.6. The summed E-state index contributed by atoms with van der Waals surface area (Å²) in [6.45, 7) is 0.754. The van der Waals surface area contributed by atoms with Gasteiger partial charge in [0.2, 0.25) is 0 Å². The van der Waals surface area contributed by atoms with Crippen LogP contribution in [-0.4, -0.2) is 13.7 Å². The first kappa shape index (κ1) is 16.8. The van der Waals surface area contributed by atoms with E-state index in [2.05, 4.69) is 15.9 Å². The molecule has 0 aromatic heterocycles. The smallest absolute Gasteiger partial charge is 0.141 e. The van der Waals surface area contributed by atoms with Crippen LogP contribution >= 0.6 is 15.9 Å². The van der Waals surface area contributed by atoms with Gasteiger partial charge in [0.1, 0.15) is 11.6 Å². The summed E-state index contributed by atoms with van der Waals surface area (Å²) in [6, 6.07) is 3.32. The first-order chi connectivity index (χ1) is 10.1. The molecule has 1 saturated carbocycles. The fraction of sp³-hybridized carbons (Fsp3) is 0.647. The van der Waals surface area contributed by atoms with E-state index < -0.39 is 0 Å². The first-order valence-electron chi connectivity index (χ1n) is 7.82. The zero-order chi connectivity index (χ0) is 15.3. The Kier molecular flexibility index (Phi) is 6.06. The molecular weight excluding hydrogens is 333 g/mol. The van der Waals surface area contributed by atoms with Crippen molar-refractivity contribution in [2.75, 3.05) is 13.7 Å². The van der Waals surface area contributed by atoms with E-state index in [0.717, 1.165) is 31.4 Å². The van der Waals surface area contributed by atoms with E-state index in [1.54, 1.807) is 7.11 Å². The van der Waals surface area contributed by atoms with Gasteiger partial charge in [0, 0.05) is 6.07 Å². The molecule has 1 aliphatic rings. The number of aryl methyl sites for hydroxylation is 1. The van der Waals surface area contributed by atoms with E-state index in [-0.39, 0.29) is 5.82 Å². The number of hydrogen-bond acceptors (Lipinski definition) is 2. The molecule has 0 saturated heterocycles. The maximum absolute atomic E-state index is 13.6. The number of halogens is 2. The number of methoxy groups -OCH3 is 1. The summed E-state index contributed by atoms with van der Waals surface area (Å²) in [7, 11) is 1.60. The Bertz CT molecular complexity index is 467. The number of hydrogen-bond donors (Lipinski definition) is 1. The van der Waals surface area contributed by atoms with E-state index in [0.29, 0.717) is 15.6 Å². The molecular formula is C17H25BrFNO. The minimum absolute atomic E-state index is 0.273. The van der Waals surface area contributed by atoms with Crippen LogP contribution in [0.2, 0.25) is 0 Å². The van der Waals surface area contributed by atoms with Crippen LogP contribution < -0.4 is 10.5 Å². The highest BCUT2D eigenvalue weighted by Crippen LogP contribution is 2.43. The first-order valence-corrected chi connectivity index (χ1v) is 8.61. The van der Waals surface area contributed by atoms with E-state index in [4.69, 9.17) is 10.5 Å². The molecule has 21 heavy (non-hydrogen) atoms. The van der Waals surface area contributed by atoms with Crippen molar-refractivity contribution in [1.29, 1.82) is 0 Å². The quantitative estimate of drug-likeness (QED) is 0.791. The molecule has 0 atom stereocenters. The molecule has 118 valence electrons. The third kappa shape index (κ3) is 4.19. The summed E-state index contributed by atoms with van der Waals surface area (Å²) in [4.78, 5) is 0. The lowest BCUT2D eigenvalue weighted by Gasteiger charge is -2.37. The number of ether oxygens (including phenoxy) is 1. The molecule has 1 aromatic carbocycles. The molecule has 1 aliphatic carbocycles. The monoisotopic (exact) mass is 357 g/mol. The fourth-order valence-corrected chi connectivity index (χ4v) is 3.98. The number of nitrogens with two attached hydrogens (primary N) is 1. The Balaban J connectivity index is 2.11. The Hall–Kier alpha value is -0.610. The van der Waals surface area contributed by atoms with Crippen LogP contribution in [0.5, 0.6) is 5.75 Å². The molecule has 2 rings (SSSR count). The molecule has 2 nitrogen and oxygen atoms in total. The summed E-state index contributed by atoms with van der Waals surface area (Å²) in [6.07, 6.45) is 9.63. The van der Waals surface area contributed by atoms with Crippen LogP contribution in [0.15, 0.2) is 16.6 Å². The fourth-order valence-electron chi connectivity index (χ4n) is 3.59. The average Bonchev–Trinajstić information content (AvgIpc) is 2.49. The van der Waals surface area contributed by atoms with Crippen LogP contribution in [0.25, 0.3) is 0 Å². The second-order valence-corrected chi connectivity index (χ2v) is 7.03. The van der Waals surface area contributed by atoms with Crippen molar-refractivity contribution in [2.45, 2.75) is 51.4 Å². The van der Waals surface area contributed by atoms with E-state index in [1.807, 2.05) is 6.07 Å². The predicted octanol–water partition coefficient (Wildman–Crippen LogP) is 4.83. The van der Waals surface area contributed by atoms with Gasteiger partial charge in [0.15, 0.2) is 0 Å². The van der Waals surface area contributed by atoms with Crippen molar-refractivity contribution in [3.05, 3.63) is 28.0 Å². The van der Waals surface area contributed by atoms with Gasteiger partial charge in [-0.2, -0.15) is 0 Å². The van der Waals surface area contributed by atoms with Gasteiger partial charge >= 0.3 is 0 Å². The summed E-state index contributed by atoms with van der Waals surface area (Å²) < 4.78 is 19.4. The Morgan fingerprint density at radius 2 is 1.95 bits per heavy atom. The van der Waals surface area contributed by atoms with Gasteiger partial charge in [-0.25, -0.2) is 4.39 Å². The normalized spacial score (nSPS) is 17.7. The van der Waals surface area contributed by atoms with Crippen molar-refractivity contribution >= 4 is 15.9 Å². The third-order valence-electron chi connectivity index (χ3n) is 4.84.